The predicted octanol–water partition coefficient (Wildman–Crippen LogP) is 2.55. The van der Waals surface area contributed by atoms with Gasteiger partial charge in [0, 0.05) is 19.7 Å². The van der Waals surface area contributed by atoms with Gasteiger partial charge < -0.3 is 19.7 Å². The summed E-state index contributed by atoms with van der Waals surface area (Å²) >= 11 is 0. The summed E-state index contributed by atoms with van der Waals surface area (Å²) in [5.74, 6) is 1.47. The van der Waals surface area contributed by atoms with Crippen molar-refractivity contribution in [2.24, 2.45) is 4.99 Å². The third-order valence-corrected chi connectivity index (χ3v) is 4.53. The van der Waals surface area contributed by atoms with Crippen LogP contribution in [0.15, 0.2) is 47.5 Å². The van der Waals surface area contributed by atoms with Crippen molar-refractivity contribution in [2.45, 2.75) is 19.6 Å². The Kier molecular flexibility index (Phi) is 6.07. The lowest BCUT2D eigenvalue weighted by Gasteiger charge is -2.35. The first-order valence-corrected chi connectivity index (χ1v) is 8.84. The van der Waals surface area contributed by atoms with Gasteiger partial charge in [-0.1, -0.05) is 30.3 Å². The van der Waals surface area contributed by atoms with Gasteiger partial charge in [0.2, 0.25) is 5.88 Å². The second-order valence-electron chi connectivity index (χ2n) is 6.23. The number of guanidine groups is 1. The van der Waals surface area contributed by atoms with Gasteiger partial charge in [-0.2, -0.15) is 0 Å². The fourth-order valence-electron chi connectivity index (χ4n) is 3.15. The SMILES string of the molecule is CN=C(NCc1cccc(OC)n1)N1CCOC(c2ccccc2C)C1. The Morgan fingerprint density at radius 1 is 1.31 bits per heavy atom. The summed E-state index contributed by atoms with van der Waals surface area (Å²) in [6.45, 7) is 4.98. The first-order valence-electron chi connectivity index (χ1n) is 8.84. The van der Waals surface area contributed by atoms with E-state index in [1.165, 1.54) is 11.1 Å². The van der Waals surface area contributed by atoms with Crippen molar-refractivity contribution in [3.63, 3.8) is 0 Å². The third kappa shape index (κ3) is 4.32. The van der Waals surface area contributed by atoms with E-state index in [9.17, 15) is 0 Å². The van der Waals surface area contributed by atoms with Crippen LogP contribution in [0, 0.1) is 6.92 Å². The molecule has 6 nitrogen and oxygen atoms in total. The van der Waals surface area contributed by atoms with E-state index in [0.29, 0.717) is 19.0 Å². The van der Waals surface area contributed by atoms with Crippen LogP contribution in [0.5, 0.6) is 5.88 Å². The summed E-state index contributed by atoms with van der Waals surface area (Å²) in [7, 11) is 3.43. The molecule has 1 aliphatic rings. The molecule has 1 fully saturated rings. The van der Waals surface area contributed by atoms with Crippen LogP contribution in [0.3, 0.4) is 0 Å². The number of ether oxygens (including phenoxy) is 2. The minimum atomic E-state index is 0.0541. The highest BCUT2D eigenvalue weighted by Crippen LogP contribution is 2.25. The molecule has 0 spiro atoms. The molecule has 0 amide bonds. The van der Waals surface area contributed by atoms with E-state index in [2.05, 4.69) is 51.4 Å². The summed E-state index contributed by atoms with van der Waals surface area (Å²) < 4.78 is 11.2. The highest BCUT2D eigenvalue weighted by atomic mass is 16.5. The summed E-state index contributed by atoms with van der Waals surface area (Å²) in [6.07, 6.45) is 0.0541. The molecule has 3 rings (SSSR count). The Morgan fingerprint density at radius 2 is 2.15 bits per heavy atom. The molecular weight excluding hydrogens is 328 g/mol. The van der Waals surface area contributed by atoms with E-state index in [-0.39, 0.29) is 6.10 Å². The largest absolute Gasteiger partial charge is 0.481 e. The van der Waals surface area contributed by atoms with Gasteiger partial charge in [-0.15, -0.1) is 0 Å². The van der Waals surface area contributed by atoms with Gasteiger partial charge in [0.25, 0.3) is 0 Å². The Bertz CT molecular complexity index is 763. The lowest BCUT2D eigenvalue weighted by molar-refractivity contribution is -0.00834. The van der Waals surface area contributed by atoms with Crippen molar-refractivity contribution in [1.82, 2.24) is 15.2 Å². The monoisotopic (exact) mass is 354 g/mol. The van der Waals surface area contributed by atoms with Crippen LogP contribution in [-0.4, -0.2) is 49.7 Å². The van der Waals surface area contributed by atoms with Crippen molar-refractivity contribution < 1.29 is 9.47 Å². The number of nitrogens with one attached hydrogen (secondary N) is 1. The molecule has 1 atom stereocenters. The number of morpholine rings is 1. The van der Waals surface area contributed by atoms with Gasteiger partial charge in [-0.25, -0.2) is 4.98 Å². The van der Waals surface area contributed by atoms with Gasteiger partial charge in [0.1, 0.15) is 6.10 Å². The molecule has 1 aliphatic heterocycles. The zero-order valence-electron chi connectivity index (χ0n) is 15.6. The van der Waals surface area contributed by atoms with Crippen LogP contribution in [0.2, 0.25) is 0 Å². The van der Waals surface area contributed by atoms with Crippen LogP contribution < -0.4 is 10.1 Å². The maximum absolute atomic E-state index is 6.01. The average molecular weight is 354 g/mol. The van der Waals surface area contributed by atoms with E-state index in [4.69, 9.17) is 9.47 Å². The van der Waals surface area contributed by atoms with Crippen LogP contribution in [0.1, 0.15) is 22.9 Å². The smallest absolute Gasteiger partial charge is 0.213 e. The number of pyridine rings is 1. The molecule has 0 aliphatic carbocycles. The normalized spacial score (nSPS) is 17.9. The Hall–Kier alpha value is -2.60. The van der Waals surface area contributed by atoms with Crippen molar-refractivity contribution in [2.75, 3.05) is 33.9 Å². The fraction of sp³-hybridized carbons (Fsp3) is 0.400. The molecule has 6 heteroatoms. The number of aromatic nitrogens is 1. The number of hydrogen-bond acceptors (Lipinski definition) is 4. The van der Waals surface area contributed by atoms with E-state index in [1.54, 1.807) is 14.2 Å². The molecule has 1 N–H and O–H groups in total. The maximum Gasteiger partial charge on any atom is 0.213 e. The van der Waals surface area contributed by atoms with E-state index < -0.39 is 0 Å². The number of aliphatic imine (C=N–C) groups is 1. The first-order chi connectivity index (χ1) is 12.7. The topological polar surface area (TPSA) is 59.0 Å². The summed E-state index contributed by atoms with van der Waals surface area (Å²) in [6, 6.07) is 14.1. The second-order valence-corrected chi connectivity index (χ2v) is 6.23. The fourth-order valence-corrected chi connectivity index (χ4v) is 3.15. The van der Waals surface area contributed by atoms with E-state index in [0.717, 1.165) is 24.7 Å². The Labute approximate surface area is 154 Å². The molecule has 0 bridgehead atoms. The molecular formula is C20H26N4O2. The molecule has 1 aromatic carbocycles. The number of rotatable bonds is 4. The third-order valence-electron chi connectivity index (χ3n) is 4.53. The van der Waals surface area contributed by atoms with E-state index in [1.807, 2.05) is 18.2 Å². The van der Waals surface area contributed by atoms with Gasteiger partial charge in [0.15, 0.2) is 5.96 Å². The molecule has 0 saturated carbocycles. The highest BCUT2D eigenvalue weighted by molar-refractivity contribution is 5.80. The van der Waals surface area contributed by atoms with Gasteiger partial charge in [0.05, 0.1) is 32.5 Å². The summed E-state index contributed by atoms with van der Waals surface area (Å²) in [5.41, 5.74) is 3.40. The van der Waals surface area contributed by atoms with E-state index >= 15 is 0 Å². The number of aryl methyl sites for hydroxylation is 1. The van der Waals surface area contributed by atoms with Crippen molar-refractivity contribution in [1.29, 1.82) is 0 Å². The zero-order valence-corrected chi connectivity index (χ0v) is 15.6. The summed E-state index contributed by atoms with van der Waals surface area (Å²) in [4.78, 5) is 11.1. The minimum absolute atomic E-state index is 0.0541. The van der Waals surface area contributed by atoms with Crippen LogP contribution >= 0.6 is 0 Å². The van der Waals surface area contributed by atoms with Crippen LogP contribution in [0.4, 0.5) is 0 Å². The standard InChI is InChI=1S/C20H26N4O2/c1-15-7-4-5-9-17(15)18-14-24(11-12-26-18)20(21-2)22-13-16-8-6-10-19(23-16)25-3/h4-10,18H,11-14H2,1-3H3,(H,21,22). The van der Waals surface area contributed by atoms with Gasteiger partial charge in [-0.3, -0.25) is 4.99 Å². The Balaban J connectivity index is 1.65. The number of benzene rings is 1. The van der Waals surface area contributed by atoms with Crippen LogP contribution in [0.25, 0.3) is 0 Å². The highest BCUT2D eigenvalue weighted by Gasteiger charge is 2.25. The molecule has 1 unspecified atom stereocenters. The molecule has 1 aromatic heterocycles. The molecule has 138 valence electrons. The quantitative estimate of drug-likeness (QED) is 0.675. The average Bonchev–Trinajstić information content (AvgIpc) is 2.69. The minimum Gasteiger partial charge on any atom is -0.481 e. The first kappa shape index (κ1) is 18.2. The van der Waals surface area contributed by atoms with Crippen molar-refractivity contribution in [3.8, 4) is 5.88 Å². The predicted molar refractivity (Wildman–Crippen MR) is 102 cm³/mol. The summed E-state index contributed by atoms with van der Waals surface area (Å²) in [5, 5.41) is 3.40. The number of methoxy groups -OCH3 is 1. The number of hydrogen-bond donors (Lipinski definition) is 1. The lowest BCUT2D eigenvalue weighted by Crippen LogP contribution is -2.48. The molecule has 0 radical (unpaired) electrons. The van der Waals surface area contributed by atoms with Gasteiger partial charge >= 0.3 is 0 Å². The Morgan fingerprint density at radius 3 is 2.92 bits per heavy atom. The van der Waals surface area contributed by atoms with Crippen molar-refractivity contribution in [3.05, 3.63) is 59.3 Å². The second kappa shape index (κ2) is 8.67. The molecule has 26 heavy (non-hydrogen) atoms. The maximum atomic E-state index is 6.01. The van der Waals surface area contributed by atoms with Crippen LogP contribution in [-0.2, 0) is 11.3 Å². The lowest BCUT2D eigenvalue weighted by atomic mass is 10.0. The number of nitrogens with zero attached hydrogens (tertiary/aromatic N) is 3. The molecule has 2 aromatic rings. The van der Waals surface area contributed by atoms with Crippen molar-refractivity contribution >= 4 is 5.96 Å². The molecule has 1 saturated heterocycles. The molecule has 2 heterocycles. The van der Waals surface area contributed by atoms with Gasteiger partial charge in [-0.05, 0) is 24.1 Å². The zero-order chi connectivity index (χ0) is 18.4.